The summed E-state index contributed by atoms with van der Waals surface area (Å²) in [6.45, 7) is 6.38. The summed E-state index contributed by atoms with van der Waals surface area (Å²) in [7, 11) is 2.16. The number of rotatable bonds is 8. The maximum atomic E-state index is 5.73. The fourth-order valence-corrected chi connectivity index (χ4v) is 2.00. The van der Waals surface area contributed by atoms with Gasteiger partial charge in [-0.3, -0.25) is 4.98 Å². The van der Waals surface area contributed by atoms with Crippen LogP contribution in [0.25, 0.3) is 0 Å². The molecule has 0 amide bonds. The van der Waals surface area contributed by atoms with E-state index in [1.54, 1.807) is 0 Å². The number of hydrogen-bond acceptors (Lipinski definition) is 3. The van der Waals surface area contributed by atoms with E-state index in [0.717, 1.165) is 32.4 Å². The average molecular weight is 279 g/mol. The molecule has 0 aliphatic heterocycles. The van der Waals surface area contributed by atoms with E-state index < -0.39 is 0 Å². The number of likely N-dealkylation sites (N-methyl/N-ethyl adjacent to an activating group) is 1. The molecule has 0 aromatic carbocycles. The van der Waals surface area contributed by atoms with Crippen LogP contribution in [0.15, 0.2) is 24.5 Å². The van der Waals surface area contributed by atoms with E-state index in [2.05, 4.69) is 42.9 Å². The van der Waals surface area contributed by atoms with Crippen molar-refractivity contribution in [2.75, 3.05) is 20.1 Å². The molecule has 106 valence electrons. The first kappa shape index (κ1) is 16.1. The lowest BCUT2D eigenvalue weighted by molar-refractivity contribution is 0.311. The van der Waals surface area contributed by atoms with Crippen molar-refractivity contribution in [1.82, 2.24) is 9.88 Å². The van der Waals surface area contributed by atoms with Crippen LogP contribution < -0.4 is 5.73 Å². The highest BCUT2D eigenvalue weighted by Crippen LogP contribution is 2.22. The second-order valence-corrected chi connectivity index (χ2v) is 6.20. The average Bonchev–Trinajstić information content (AvgIpc) is 2.37. The Morgan fingerprint density at radius 2 is 1.95 bits per heavy atom. The Balaban J connectivity index is 2.22. The molecule has 0 radical (unpaired) electrons. The fraction of sp³-hybridized carbons (Fsp3) is 0.600. The standard InChI is InChI=1S/C15H25N3S/c1-15(2,14(16)19)8-4-11-18(3)12-7-13-5-9-17-10-6-13/h5-6,9-10H,4,7-8,11-12H2,1-3H3,(H2,16,19). The molecular formula is C15H25N3S. The highest BCUT2D eigenvalue weighted by molar-refractivity contribution is 7.80. The second kappa shape index (κ2) is 7.56. The van der Waals surface area contributed by atoms with Gasteiger partial charge in [0.05, 0.1) is 4.99 Å². The lowest BCUT2D eigenvalue weighted by Crippen LogP contribution is -2.31. The summed E-state index contributed by atoms with van der Waals surface area (Å²) in [5.41, 5.74) is 7.05. The molecule has 0 unspecified atom stereocenters. The molecule has 1 heterocycles. The van der Waals surface area contributed by atoms with Crippen LogP contribution in [0.2, 0.25) is 0 Å². The van der Waals surface area contributed by atoms with E-state index in [4.69, 9.17) is 18.0 Å². The first-order valence-electron chi connectivity index (χ1n) is 6.79. The number of nitrogens with two attached hydrogens (primary N) is 1. The van der Waals surface area contributed by atoms with Crippen molar-refractivity contribution < 1.29 is 0 Å². The van der Waals surface area contributed by atoms with Gasteiger partial charge in [-0.2, -0.15) is 0 Å². The lowest BCUT2D eigenvalue weighted by Gasteiger charge is -2.24. The van der Waals surface area contributed by atoms with Crippen LogP contribution in [-0.4, -0.2) is 35.0 Å². The second-order valence-electron chi connectivity index (χ2n) is 5.76. The minimum absolute atomic E-state index is 0.0265. The van der Waals surface area contributed by atoms with Crippen LogP contribution in [0.5, 0.6) is 0 Å². The molecule has 4 heteroatoms. The number of aromatic nitrogens is 1. The third-order valence-electron chi connectivity index (χ3n) is 3.54. The van der Waals surface area contributed by atoms with E-state index in [9.17, 15) is 0 Å². The van der Waals surface area contributed by atoms with E-state index in [1.807, 2.05) is 12.4 Å². The number of pyridine rings is 1. The van der Waals surface area contributed by atoms with Crippen LogP contribution in [0.1, 0.15) is 32.3 Å². The van der Waals surface area contributed by atoms with Gasteiger partial charge >= 0.3 is 0 Å². The Labute approximate surface area is 122 Å². The van der Waals surface area contributed by atoms with E-state index in [-0.39, 0.29) is 5.41 Å². The Morgan fingerprint density at radius 1 is 1.32 bits per heavy atom. The molecular weight excluding hydrogens is 254 g/mol. The maximum Gasteiger partial charge on any atom is 0.0784 e. The van der Waals surface area contributed by atoms with Crippen LogP contribution in [0.4, 0.5) is 0 Å². The van der Waals surface area contributed by atoms with Crippen molar-refractivity contribution in [2.45, 2.75) is 33.1 Å². The van der Waals surface area contributed by atoms with Gasteiger partial charge in [0.25, 0.3) is 0 Å². The molecule has 0 saturated heterocycles. The summed E-state index contributed by atoms with van der Waals surface area (Å²) < 4.78 is 0. The van der Waals surface area contributed by atoms with Crippen molar-refractivity contribution in [1.29, 1.82) is 0 Å². The number of hydrogen-bond donors (Lipinski definition) is 1. The molecule has 2 N–H and O–H groups in total. The topological polar surface area (TPSA) is 42.1 Å². The van der Waals surface area contributed by atoms with Crippen molar-refractivity contribution >= 4 is 17.2 Å². The Bertz CT molecular complexity index is 390. The van der Waals surface area contributed by atoms with Gasteiger partial charge in [-0.15, -0.1) is 0 Å². The predicted molar refractivity (Wildman–Crippen MR) is 85.2 cm³/mol. The van der Waals surface area contributed by atoms with Crippen molar-refractivity contribution in [3.8, 4) is 0 Å². The normalized spacial score (nSPS) is 11.8. The zero-order chi connectivity index (χ0) is 14.3. The largest absolute Gasteiger partial charge is 0.393 e. The molecule has 19 heavy (non-hydrogen) atoms. The molecule has 1 rings (SSSR count). The minimum Gasteiger partial charge on any atom is -0.393 e. The summed E-state index contributed by atoms with van der Waals surface area (Å²) in [4.78, 5) is 7.00. The van der Waals surface area contributed by atoms with Crippen LogP contribution in [0.3, 0.4) is 0 Å². The zero-order valence-corrected chi connectivity index (χ0v) is 13.0. The van der Waals surface area contributed by atoms with Gasteiger partial charge in [-0.05, 0) is 50.6 Å². The molecule has 0 atom stereocenters. The molecule has 0 saturated carbocycles. The van der Waals surface area contributed by atoms with E-state index >= 15 is 0 Å². The third-order valence-corrected chi connectivity index (χ3v) is 4.09. The Kier molecular flexibility index (Phi) is 6.38. The molecule has 0 aliphatic rings. The summed E-state index contributed by atoms with van der Waals surface area (Å²) >= 11 is 5.08. The quantitative estimate of drug-likeness (QED) is 0.743. The molecule has 0 fully saturated rings. The molecule has 0 spiro atoms. The van der Waals surface area contributed by atoms with Gasteiger partial charge in [0.1, 0.15) is 0 Å². The van der Waals surface area contributed by atoms with Gasteiger partial charge < -0.3 is 10.6 Å². The summed E-state index contributed by atoms with van der Waals surface area (Å²) in [6.07, 6.45) is 6.93. The van der Waals surface area contributed by atoms with E-state index in [0.29, 0.717) is 4.99 Å². The smallest absolute Gasteiger partial charge is 0.0784 e. The number of thiocarbonyl (C=S) groups is 1. The van der Waals surface area contributed by atoms with Gasteiger partial charge in [-0.25, -0.2) is 0 Å². The van der Waals surface area contributed by atoms with Crippen molar-refractivity contribution in [3.63, 3.8) is 0 Å². The highest BCUT2D eigenvalue weighted by atomic mass is 32.1. The molecule has 0 aliphatic carbocycles. The maximum absolute atomic E-state index is 5.73. The van der Waals surface area contributed by atoms with Gasteiger partial charge in [0, 0.05) is 24.4 Å². The SMILES string of the molecule is CN(CCCC(C)(C)C(N)=S)CCc1ccncc1. The summed E-state index contributed by atoms with van der Waals surface area (Å²) in [5.74, 6) is 0. The van der Waals surface area contributed by atoms with Crippen LogP contribution in [0, 0.1) is 5.41 Å². The predicted octanol–water partition coefficient (Wildman–Crippen LogP) is 2.65. The minimum atomic E-state index is -0.0265. The van der Waals surface area contributed by atoms with E-state index in [1.165, 1.54) is 5.56 Å². The first-order chi connectivity index (χ1) is 8.92. The third kappa shape index (κ3) is 6.12. The highest BCUT2D eigenvalue weighted by Gasteiger charge is 2.20. The summed E-state index contributed by atoms with van der Waals surface area (Å²) in [6, 6.07) is 4.15. The van der Waals surface area contributed by atoms with Gasteiger partial charge in [0.2, 0.25) is 0 Å². The molecule has 3 nitrogen and oxygen atoms in total. The molecule has 1 aromatic heterocycles. The zero-order valence-electron chi connectivity index (χ0n) is 12.2. The van der Waals surface area contributed by atoms with Crippen molar-refractivity contribution in [3.05, 3.63) is 30.1 Å². The Hall–Kier alpha value is -1.00. The van der Waals surface area contributed by atoms with Crippen LogP contribution >= 0.6 is 12.2 Å². The van der Waals surface area contributed by atoms with Crippen LogP contribution in [-0.2, 0) is 6.42 Å². The summed E-state index contributed by atoms with van der Waals surface area (Å²) in [5, 5.41) is 0. The van der Waals surface area contributed by atoms with Gasteiger partial charge in [0.15, 0.2) is 0 Å². The van der Waals surface area contributed by atoms with Crippen molar-refractivity contribution in [2.24, 2.45) is 11.1 Å². The fourth-order valence-electron chi connectivity index (χ4n) is 1.90. The first-order valence-corrected chi connectivity index (χ1v) is 7.20. The molecule has 1 aromatic rings. The van der Waals surface area contributed by atoms with Gasteiger partial charge in [-0.1, -0.05) is 26.1 Å². The Morgan fingerprint density at radius 3 is 2.53 bits per heavy atom. The monoisotopic (exact) mass is 279 g/mol. The number of nitrogens with zero attached hydrogens (tertiary/aromatic N) is 2. The lowest BCUT2D eigenvalue weighted by atomic mass is 9.88. The molecule has 0 bridgehead atoms.